The molecule has 1 aromatic heterocycles. The Bertz CT molecular complexity index is 1330. The Morgan fingerprint density at radius 1 is 1.16 bits per heavy atom. The molecule has 2 atom stereocenters. The third-order valence-electron chi connectivity index (χ3n) is 7.67. The normalized spacial score (nSPS) is 24.4. The van der Waals surface area contributed by atoms with Gasteiger partial charge in [0, 0.05) is 36.2 Å². The lowest BCUT2D eigenvalue weighted by Gasteiger charge is -2.30. The average Bonchev–Trinajstić information content (AvgIpc) is 3.53. The van der Waals surface area contributed by atoms with Gasteiger partial charge in [0.15, 0.2) is 9.84 Å². The molecule has 1 aliphatic heterocycles. The number of aromatic nitrogens is 1. The number of alkyl halides is 3. The molecule has 2 saturated carbocycles. The highest BCUT2D eigenvalue weighted by atomic mass is 32.2. The van der Waals surface area contributed by atoms with Crippen molar-refractivity contribution in [3.05, 3.63) is 35.9 Å². The van der Waals surface area contributed by atoms with Crippen molar-refractivity contribution in [1.82, 2.24) is 10.3 Å². The van der Waals surface area contributed by atoms with Crippen LogP contribution >= 0.6 is 0 Å². The van der Waals surface area contributed by atoms with Gasteiger partial charge in [-0.25, -0.2) is 13.4 Å². The smallest absolute Gasteiger partial charge is 0.397 e. The number of hydrogen-bond donors (Lipinski definition) is 1. The summed E-state index contributed by atoms with van der Waals surface area (Å²) in [4.78, 5) is 19.4. The van der Waals surface area contributed by atoms with Gasteiger partial charge in [0.2, 0.25) is 11.8 Å². The van der Waals surface area contributed by atoms with Crippen molar-refractivity contribution in [2.45, 2.75) is 62.6 Å². The number of amides is 1. The minimum atomic E-state index is -4.51. The van der Waals surface area contributed by atoms with E-state index in [4.69, 9.17) is 4.42 Å². The van der Waals surface area contributed by atoms with Crippen LogP contribution in [0.3, 0.4) is 0 Å². The van der Waals surface area contributed by atoms with Crippen molar-refractivity contribution in [2.24, 2.45) is 5.92 Å². The molecule has 3 fully saturated rings. The third kappa shape index (κ3) is 5.82. The second-order valence-electron chi connectivity index (χ2n) is 10.5. The van der Waals surface area contributed by atoms with Gasteiger partial charge in [0.1, 0.15) is 23.4 Å². The third-order valence-corrected chi connectivity index (χ3v) is 9.27. The standard InChI is InChI=1S/C26H29F3N4O4S/c27-26(28,29)15-21-31-22(17-5-7-18(8-6-17)33-11-13-38(35,36)14-12-33)23(37-21)19-3-1-2-4-20(19)24(34)32-25(16-30)9-10-25/h5-8,19-20H,1-4,9-15H2,(H,32,34)/t19-,20-/m1/s1. The molecule has 1 saturated heterocycles. The molecule has 3 aliphatic rings. The molecular weight excluding hydrogens is 521 g/mol. The Labute approximate surface area is 219 Å². The van der Waals surface area contributed by atoms with Gasteiger partial charge in [-0.1, -0.05) is 25.0 Å². The number of hydrogen-bond acceptors (Lipinski definition) is 7. The Morgan fingerprint density at radius 2 is 1.82 bits per heavy atom. The number of anilines is 1. The number of sulfone groups is 1. The molecule has 1 N–H and O–H groups in total. The lowest BCUT2D eigenvalue weighted by atomic mass is 9.76. The number of nitriles is 1. The van der Waals surface area contributed by atoms with Crippen molar-refractivity contribution in [3.63, 3.8) is 0 Å². The zero-order chi connectivity index (χ0) is 27.1. The predicted octanol–water partition coefficient (Wildman–Crippen LogP) is 4.13. The summed E-state index contributed by atoms with van der Waals surface area (Å²) in [5.74, 6) is -1.31. The van der Waals surface area contributed by atoms with E-state index in [1.807, 2.05) is 4.90 Å². The summed E-state index contributed by atoms with van der Waals surface area (Å²) in [5.41, 5.74) is 0.813. The van der Waals surface area contributed by atoms with E-state index in [0.29, 0.717) is 44.3 Å². The minimum Gasteiger partial charge on any atom is -0.444 e. The van der Waals surface area contributed by atoms with Gasteiger partial charge < -0.3 is 14.6 Å². The molecule has 1 aromatic carbocycles. The lowest BCUT2D eigenvalue weighted by Crippen LogP contribution is -2.42. The molecule has 204 valence electrons. The summed E-state index contributed by atoms with van der Waals surface area (Å²) in [6.07, 6.45) is -1.95. The molecule has 0 radical (unpaired) electrons. The maximum atomic E-state index is 13.2. The molecule has 8 nitrogen and oxygen atoms in total. The predicted molar refractivity (Wildman–Crippen MR) is 133 cm³/mol. The topological polar surface area (TPSA) is 116 Å². The summed E-state index contributed by atoms with van der Waals surface area (Å²) < 4.78 is 69.0. The zero-order valence-electron chi connectivity index (χ0n) is 20.8. The summed E-state index contributed by atoms with van der Waals surface area (Å²) in [6, 6.07) is 9.22. The first-order valence-corrected chi connectivity index (χ1v) is 14.7. The molecule has 0 unspecified atom stereocenters. The maximum Gasteiger partial charge on any atom is 0.397 e. The van der Waals surface area contributed by atoms with E-state index in [9.17, 15) is 31.6 Å². The Kier molecular flexibility index (Phi) is 6.92. The fraction of sp³-hybridized carbons (Fsp3) is 0.577. The molecule has 2 aromatic rings. The highest BCUT2D eigenvalue weighted by Gasteiger charge is 2.47. The quantitative estimate of drug-likeness (QED) is 0.575. The van der Waals surface area contributed by atoms with Gasteiger partial charge in [-0.05, 0) is 37.8 Å². The largest absolute Gasteiger partial charge is 0.444 e. The van der Waals surface area contributed by atoms with Crippen LogP contribution in [0.5, 0.6) is 0 Å². The van der Waals surface area contributed by atoms with Crippen LogP contribution in [0.1, 0.15) is 56.1 Å². The van der Waals surface area contributed by atoms with E-state index in [-0.39, 0.29) is 28.9 Å². The summed E-state index contributed by atoms with van der Waals surface area (Å²) in [7, 11) is -3.03. The van der Waals surface area contributed by atoms with Crippen LogP contribution < -0.4 is 10.2 Å². The molecule has 12 heteroatoms. The maximum absolute atomic E-state index is 13.2. The number of carbonyl (C=O) groups excluding carboxylic acids is 1. The molecule has 0 spiro atoms. The van der Waals surface area contributed by atoms with E-state index >= 15 is 0 Å². The van der Waals surface area contributed by atoms with Gasteiger partial charge in [0.25, 0.3) is 0 Å². The number of nitrogens with zero attached hydrogens (tertiary/aromatic N) is 3. The average molecular weight is 551 g/mol. The first kappa shape index (κ1) is 26.5. The van der Waals surface area contributed by atoms with Crippen molar-refractivity contribution in [1.29, 1.82) is 5.26 Å². The summed E-state index contributed by atoms with van der Waals surface area (Å²) in [5, 5.41) is 12.3. The summed E-state index contributed by atoms with van der Waals surface area (Å²) in [6.45, 7) is 0.741. The Hall–Kier alpha value is -3.07. The lowest BCUT2D eigenvalue weighted by molar-refractivity contribution is -0.131. The number of halogens is 3. The molecule has 2 aliphatic carbocycles. The van der Waals surface area contributed by atoms with E-state index < -0.39 is 45.7 Å². The van der Waals surface area contributed by atoms with E-state index in [1.165, 1.54) is 0 Å². The minimum absolute atomic E-state index is 0.0706. The second kappa shape index (κ2) is 9.91. The number of carbonyl (C=O) groups is 1. The van der Waals surface area contributed by atoms with Crippen LogP contribution in [-0.2, 0) is 21.1 Å². The highest BCUT2D eigenvalue weighted by Crippen LogP contribution is 2.44. The fourth-order valence-corrected chi connectivity index (χ4v) is 6.56. The van der Waals surface area contributed by atoms with Gasteiger partial charge in [-0.2, -0.15) is 18.4 Å². The fourth-order valence-electron chi connectivity index (χ4n) is 5.36. The van der Waals surface area contributed by atoms with Gasteiger partial charge in [-0.15, -0.1) is 0 Å². The van der Waals surface area contributed by atoms with Crippen molar-refractivity contribution < 1.29 is 30.8 Å². The van der Waals surface area contributed by atoms with Crippen molar-refractivity contribution in [3.8, 4) is 17.3 Å². The summed E-state index contributed by atoms with van der Waals surface area (Å²) >= 11 is 0. The molecule has 1 amide bonds. The van der Waals surface area contributed by atoms with Crippen LogP contribution in [-0.4, -0.2) is 55.6 Å². The van der Waals surface area contributed by atoms with E-state index in [1.54, 1.807) is 24.3 Å². The van der Waals surface area contributed by atoms with Crippen molar-refractivity contribution >= 4 is 21.4 Å². The number of rotatable bonds is 6. The Balaban J connectivity index is 1.45. The first-order chi connectivity index (χ1) is 18.0. The molecule has 2 heterocycles. The monoisotopic (exact) mass is 550 g/mol. The molecule has 38 heavy (non-hydrogen) atoms. The van der Waals surface area contributed by atoms with Gasteiger partial charge in [-0.3, -0.25) is 4.79 Å². The van der Waals surface area contributed by atoms with Crippen LogP contribution in [0, 0.1) is 17.2 Å². The first-order valence-electron chi connectivity index (χ1n) is 12.8. The SMILES string of the molecule is N#CC1(NC(=O)[C@@H]2CCCC[C@H]2c2oc(CC(F)(F)F)nc2-c2ccc(N3CCS(=O)(=O)CC3)cc2)CC1. The molecule has 5 rings (SSSR count). The molecular formula is C26H29F3N4O4S. The number of nitrogens with one attached hydrogen (secondary N) is 1. The Morgan fingerprint density at radius 3 is 2.42 bits per heavy atom. The zero-order valence-corrected chi connectivity index (χ0v) is 21.6. The van der Waals surface area contributed by atoms with Crippen LogP contribution in [0.15, 0.2) is 28.7 Å². The van der Waals surface area contributed by atoms with Crippen LogP contribution in [0.25, 0.3) is 11.3 Å². The molecule has 0 bridgehead atoms. The highest BCUT2D eigenvalue weighted by molar-refractivity contribution is 7.91. The van der Waals surface area contributed by atoms with Crippen LogP contribution in [0.2, 0.25) is 0 Å². The second-order valence-corrected chi connectivity index (χ2v) is 12.8. The number of oxazole rings is 1. The van der Waals surface area contributed by atoms with Gasteiger partial charge >= 0.3 is 6.18 Å². The van der Waals surface area contributed by atoms with E-state index in [2.05, 4.69) is 16.4 Å². The number of benzene rings is 1. The van der Waals surface area contributed by atoms with Crippen molar-refractivity contribution in [2.75, 3.05) is 29.5 Å². The van der Waals surface area contributed by atoms with E-state index in [0.717, 1.165) is 18.5 Å². The van der Waals surface area contributed by atoms with Crippen LogP contribution in [0.4, 0.5) is 18.9 Å². The van der Waals surface area contributed by atoms with Gasteiger partial charge in [0.05, 0.1) is 17.6 Å².